The van der Waals surface area contributed by atoms with Gasteiger partial charge in [0.25, 0.3) is 5.91 Å². The molecule has 0 saturated heterocycles. The van der Waals surface area contributed by atoms with Crippen molar-refractivity contribution < 1.29 is 9.53 Å². The molecule has 1 aromatic carbocycles. The van der Waals surface area contributed by atoms with Gasteiger partial charge in [-0.05, 0) is 12.1 Å². The van der Waals surface area contributed by atoms with Gasteiger partial charge in [0, 0.05) is 12.4 Å². The number of likely N-dealkylation sites (N-methyl/N-ethyl adjacent to an activating group) is 1. The Hall–Kier alpha value is -1.79. The van der Waals surface area contributed by atoms with Crippen molar-refractivity contribution in [1.82, 2.24) is 9.88 Å². The van der Waals surface area contributed by atoms with Gasteiger partial charge in [-0.15, -0.1) is 11.3 Å². The van der Waals surface area contributed by atoms with Crippen LogP contribution in [0.3, 0.4) is 0 Å². The van der Waals surface area contributed by atoms with Crippen LogP contribution in [0.4, 0.5) is 5.13 Å². The Kier molecular flexibility index (Phi) is 4.81. The van der Waals surface area contributed by atoms with E-state index in [1.54, 1.807) is 24.6 Å². The first-order valence-corrected chi connectivity index (χ1v) is 7.17. The summed E-state index contributed by atoms with van der Waals surface area (Å²) in [5.41, 5.74) is 5.86. The number of halogens is 1. The maximum Gasteiger partial charge on any atom is 0.273 e. The number of anilines is 1. The molecule has 0 aliphatic carbocycles. The largest absolute Gasteiger partial charge is 0.490 e. The van der Waals surface area contributed by atoms with E-state index >= 15 is 0 Å². The van der Waals surface area contributed by atoms with Crippen molar-refractivity contribution >= 4 is 34.0 Å². The molecule has 2 N–H and O–H groups in total. The summed E-state index contributed by atoms with van der Waals surface area (Å²) in [6.07, 6.45) is 0. The van der Waals surface area contributed by atoms with Crippen molar-refractivity contribution in [3.63, 3.8) is 0 Å². The number of hydrogen-bond acceptors (Lipinski definition) is 5. The van der Waals surface area contributed by atoms with Crippen LogP contribution in [0.5, 0.6) is 5.75 Å². The zero-order chi connectivity index (χ0) is 14.5. The smallest absolute Gasteiger partial charge is 0.273 e. The third-order valence-electron chi connectivity index (χ3n) is 2.61. The Bertz CT molecular complexity index is 603. The van der Waals surface area contributed by atoms with Crippen LogP contribution in [0.1, 0.15) is 10.5 Å². The minimum Gasteiger partial charge on any atom is -0.490 e. The molecule has 0 saturated carbocycles. The first-order chi connectivity index (χ1) is 9.58. The molecule has 7 heteroatoms. The molecule has 20 heavy (non-hydrogen) atoms. The number of aromatic nitrogens is 1. The number of hydrogen-bond donors (Lipinski definition) is 1. The summed E-state index contributed by atoms with van der Waals surface area (Å²) in [5, 5.41) is 2.58. The monoisotopic (exact) mass is 311 g/mol. The summed E-state index contributed by atoms with van der Waals surface area (Å²) >= 11 is 7.22. The van der Waals surface area contributed by atoms with Crippen LogP contribution in [0, 0.1) is 0 Å². The fourth-order valence-electron chi connectivity index (χ4n) is 1.54. The Morgan fingerprint density at radius 2 is 2.25 bits per heavy atom. The van der Waals surface area contributed by atoms with Gasteiger partial charge in [0.15, 0.2) is 5.13 Å². The molecule has 0 radical (unpaired) electrons. The summed E-state index contributed by atoms with van der Waals surface area (Å²) < 4.78 is 5.53. The fraction of sp³-hybridized carbons (Fsp3) is 0.231. The number of benzene rings is 1. The highest BCUT2D eigenvalue weighted by atomic mass is 35.5. The van der Waals surface area contributed by atoms with Crippen LogP contribution < -0.4 is 10.5 Å². The molecule has 0 fully saturated rings. The number of nitrogen functional groups attached to an aromatic ring is 1. The maximum absolute atomic E-state index is 12.0. The summed E-state index contributed by atoms with van der Waals surface area (Å²) in [6.45, 7) is 0.785. The fourth-order valence-corrected chi connectivity index (χ4v) is 2.26. The number of carbonyl (C=O) groups is 1. The molecule has 1 aromatic heterocycles. The van der Waals surface area contributed by atoms with Gasteiger partial charge < -0.3 is 15.4 Å². The summed E-state index contributed by atoms with van der Waals surface area (Å²) in [5.74, 6) is 0.425. The van der Waals surface area contributed by atoms with Crippen LogP contribution >= 0.6 is 22.9 Å². The number of nitrogens with two attached hydrogens (primary N) is 1. The summed E-state index contributed by atoms with van der Waals surface area (Å²) in [7, 11) is 1.69. The van der Waals surface area contributed by atoms with Gasteiger partial charge in [-0.2, -0.15) is 0 Å². The molecule has 0 spiro atoms. The minimum absolute atomic E-state index is 0.180. The molecule has 0 aliphatic rings. The van der Waals surface area contributed by atoms with E-state index < -0.39 is 0 Å². The second-order valence-corrected chi connectivity index (χ2v) is 5.37. The van der Waals surface area contributed by atoms with Crippen LogP contribution in [0.15, 0.2) is 29.6 Å². The molecule has 1 heterocycles. The molecular weight excluding hydrogens is 298 g/mol. The van der Waals surface area contributed by atoms with Crippen molar-refractivity contribution in [2.75, 3.05) is 25.9 Å². The second kappa shape index (κ2) is 6.58. The summed E-state index contributed by atoms with van der Waals surface area (Å²) in [4.78, 5) is 17.5. The number of para-hydroxylation sites is 1. The third kappa shape index (κ3) is 3.61. The zero-order valence-corrected chi connectivity index (χ0v) is 12.4. The highest BCUT2D eigenvalue weighted by Gasteiger charge is 2.14. The van der Waals surface area contributed by atoms with Crippen LogP contribution in [0.25, 0.3) is 0 Å². The van der Waals surface area contributed by atoms with Crippen molar-refractivity contribution in [2.45, 2.75) is 0 Å². The normalized spacial score (nSPS) is 10.3. The number of amides is 1. The van der Waals surface area contributed by atoms with Gasteiger partial charge in [-0.3, -0.25) is 4.79 Å². The molecule has 0 unspecified atom stereocenters. The lowest BCUT2D eigenvalue weighted by atomic mass is 10.3. The number of thiazole rings is 1. The first-order valence-electron chi connectivity index (χ1n) is 5.91. The molecule has 1 amide bonds. The predicted octanol–water partition coefficient (Wildman–Crippen LogP) is 2.53. The van der Waals surface area contributed by atoms with Crippen molar-refractivity contribution in [3.8, 4) is 5.75 Å². The van der Waals surface area contributed by atoms with Crippen molar-refractivity contribution in [1.29, 1.82) is 0 Å². The molecule has 106 valence electrons. The van der Waals surface area contributed by atoms with E-state index in [1.807, 2.05) is 12.1 Å². The highest BCUT2D eigenvalue weighted by molar-refractivity contribution is 7.13. The van der Waals surface area contributed by atoms with E-state index in [9.17, 15) is 4.79 Å². The topological polar surface area (TPSA) is 68.5 Å². The third-order valence-corrected chi connectivity index (χ3v) is 3.59. The lowest BCUT2D eigenvalue weighted by Gasteiger charge is -2.16. The van der Waals surface area contributed by atoms with E-state index in [-0.39, 0.29) is 5.91 Å². The Labute approximate surface area is 125 Å². The first kappa shape index (κ1) is 14.6. The predicted molar refractivity (Wildman–Crippen MR) is 80.4 cm³/mol. The number of ether oxygens (including phenoxy) is 1. The minimum atomic E-state index is -0.180. The molecule has 2 aromatic rings. The van der Waals surface area contributed by atoms with Crippen LogP contribution in [0.2, 0.25) is 5.02 Å². The van der Waals surface area contributed by atoms with Gasteiger partial charge in [0.05, 0.1) is 11.6 Å². The van der Waals surface area contributed by atoms with Gasteiger partial charge >= 0.3 is 0 Å². The maximum atomic E-state index is 12.0. The van der Waals surface area contributed by atoms with Gasteiger partial charge in [0.1, 0.15) is 18.1 Å². The molecule has 2 rings (SSSR count). The van der Waals surface area contributed by atoms with Crippen LogP contribution in [-0.4, -0.2) is 36.0 Å². The molecular formula is C13H14ClN3O2S. The molecule has 5 nitrogen and oxygen atoms in total. The lowest BCUT2D eigenvalue weighted by Crippen LogP contribution is -2.31. The molecule has 0 aliphatic heterocycles. The van der Waals surface area contributed by atoms with Gasteiger partial charge in [-0.1, -0.05) is 23.7 Å². The highest BCUT2D eigenvalue weighted by Crippen LogP contribution is 2.22. The average molecular weight is 312 g/mol. The molecule has 0 bridgehead atoms. The Balaban J connectivity index is 1.85. The SMILES string of the molecule is CN(CCOc1ccccc1Cl)C(=O)c1csc(N)n1. The standard InChI is InChI=1S/C13H14ClN3O2S/c1-17(12(18)10-8-20-13(15)16-10)6-7-19-11-5-3-2-4-9(11)14/h2-5,8H,6-7H2,1H3,(H2,15,16). The average Bonchev–Trinajstić information content (AvgIpc) is 2.86. The van der Waals surface area contributed by atoms with E-state index in [4.69, 9.17) is 22.1 Å². The van der Waals surface area contributed by atoms with Gasteiger partial charge in [0.2, 0.25) is 0 Å². The quantitative estimate of drug-likeness (QED) is 0.921. The second-order valence-electron chi connectivity index (χ2n) is 4.08. The zero-order valence-electron chi connectivity index (χ0n) is 10.9. The van der Waals surface area contributed by atoms with Gasteiger partial charge in [-0.25, -0.2) is 4.98 Å². The Morgan fingerprint density at radius 3 is 2.90 bits per heavy atom. The Morgan fingerprint density at radius 1 is 1.50 bits per heavy atom. The lowest BCUT2D eigenvalue weighted by molar-refractivity contribution is 0.0769. The number of nitrogens with zero attached hydrogens (tertiary/aromatic N) is 2. The van der Waals surface area contributed by atoms with Crippen LogP contribution in [-0.2, 0) is 0 Å². The van der Waals surface area contributed by atoms with E-state index in [0.717, 1.165) is 0 Å². The van der Waals surface area contributed by atoms with E-state index in [2.05, 4.69) is 4.98 Å². The number of carbonyl (C=O) groups excluding carboxylic acids is 1. The van der Waals surface area contributed by atoms with Crippen molar-refractivity contribution in [3.05, 3.63) is 40.4 Å². The van der Waals surface area contributed by atoms with E-state index in [0.29, 0.717) is 34.7 Å². The summed E-state index contributed by atoms with van der Waals surface area (Å²) in [6, 6.07) is 7.21. The van der Waals surface area contributed by atoms with E-state index in [1.165, 1.54) is 16.2 Å². The number of rotatable bonds is 5. The van der Waals surface area contributed by atoms with Crippen molar-refractivity contribution in [2.24, 2.45) is 0 Å². The molecule has 0 atom stereocenters.